The van der Waals surface area contributed by atoms with E-state index in [0.29, 0.717) is 0 Å². The second-order valence-electron chi connectivity index (χ2n) is 7.87. The van der Waals surface area contributed by atoms with Crippen molar-refractivity contribution in [1.82, 2.24) is 9.55 Å². The Hall–Kier alpha value is -3.67. The molecule has 0 aliphatic carbocycles. The van der Waals surface area contributed by atoms with E-state index in [1.807, 2.05) is 24.4 Å². The average Bonchev–Trinajstić information content (AvgIpc) is 3.39. The molecule has 0 saturated carbocycles. The molecule has 1 unspecified atom stereocenters. The van der Waals surface area contributed by atoms with Gasteiger partial charge in [0.2, 0.25) is 0 Å². The monoisotopic (exact) mass is 414 g/mol. The number of fused-ring (bicyclic) bond motifs is 2. The average molecular weight is 415 g/mol. The maximum atomic E-state index is 5.46. The van der Waals surface area contributed by atoms with Crippen LogP contribution in [0.3, 0.4) is 0 Å². The van der Waals surface area contributed by atoms with E-state index < -0.39 is 0 Å². The topological polar surface area (TPSA) is 60.3 Å². The van der Waals surface area contributed by atoms with Crippen LogP contribution in [0.25, 0.3) is 10.9 Å². The van der Waals surface area contributed by atoms with Gasteiger partial charge in [0.25, 0.3) is 0 Å². The van der Waals surface area contributed by atoms with Crippen molar-refractivity contribution in [3.05, 3.63) is 77.6 Å². The van der Waals surface area contributed by atoms with Crippen LogP contribution in [0.15, 0.2) is 60.9 Å². The molecule has 0 spiro atoms. The number of anilines is 2. The quantitative estimate of drug-likeness (QED) is 0.469. The minimum absolute atomic E-state index is 0.169. The number of methoxy groups -OCH3 is 2. The number of hydrogen-bond donors (Lipinski definition) is 2. The van der Waals surface area contributed by atoms with Crippen molar-refractivity contribution < 1.29 is 9.47 Å². The Morgan fingerprint density at radius 1 is 1.06 bits per heavy atom. The molecule has 2 aromatic heterocycles. The van der Waals surface area contributed by atoms with E-state index in [2.05, 4.69) is 63.8 Å². The van der Waals surface area contributed by atoms with Crippen molar-refractivity contribution in [2.45, 2.75) is 19.0 Å². The SMILES string of the molecule is COc1ccc(CNc2ccnc3c2CC(c2cn(C)c4ccc(OC)cc24)N3)cc1. The van der Waals surface area contributed by atoms with Crippen molar-refractivity contribution in [3.8, 4) is 11.5 Å². The smallest absolute Gasteiger partial charge is 0.131 e. The molecule has 0 fully saturated rings. The molecular weight excluding hydrogens is 388 g/mol. The lowest BCUT2D eigenvalue weighted by atomic mass is 10.0. The first-order valence-electron chi connectivity index (χ1n) is 10.4. The van der Waals surface area contributed by atoms with Gasteiger partial charge < -0.3 is 24.7 Å². The van der Waals surface area contributed by atoms with Gasteiger partial charge >= 0.3 is 0 Å². The van der Waals surface area contributed by atoms with Crippen LogP contribution >= 0.6 is 0 Å². The molecule has 5 rings (SSSR count). The normalized spacial score (nSPS) is 14.9. The maximum absolute atomic E-state index is 5.46. The molecule has 1 aliphatic rings. The van der Waals surface area contributed by atoms with Crippen molar-refractivity contribution in [2.24, 2.45) is 7.05 Å². The number of aryl methyl sites for hydroxylation is 1. The van der Waals surface area contributed by atoms with E-state index in [4.69, 9.17) is 9.47 Å². The fourth-order valence-corrected chi connectivity index (χ4v) is 4.34. The summed E-state index contributed by atoms with van der Waals surface area (Å²) in [4.78, 5) is 4.59. The van der Waals surface area contributed by atoms with Gasteiger partial charge in [0.15, 0.2) is 0 Å². The van der Waals surface area contributed by atoms with E-state index in [-0.39, 0.29) is 6.04 Å². The summed E-state index contributed by atoms with van der Waals surface area (Å²) in [5.74, 6) is 2.69. The Bertz CT molecular complexity index is 1230. The third kappa shape index (κ3) is 3.54. The van der Waals surface area contributed by atoms with E-state index in [1.165, 1.54) is 27.6 Å². The zero-order chi connectivity index (χ0) is 21.4. The van der Waals surface area contributed by atoms with E-state index in [0.717, 1.165) is 36.0 Å². The minimum atomic E-state index is 0.169. The fraction of sp³-hybridized carbons (Fsp3) is 0.240. The molecule has 3 heterocycles. The molecule has 6 heteroatoms. The number of hydrogen-bond acceptors (Lipinski definition) is 5. The highest BCUT2D eigenvalue weighted by Gasteiger charge is 2.28. The largest absolute Gasteiger partial charge is 0.497 e. The molecule has 31 heavy (non-hydrogen) atoms. The van der Waals surface area contributed by atoms with Gasteiger partial charge in [-0.1, -0.05) is 12.1 Å². The minimum Gasteiger partial charge on any atom is -0.497 e. The van der Waals surface area contributed by atoms with E-state index in [9.17, 15) is 0 Å². The molecular formula is C25H26N4O2. The number of nitrogens with one attached hydrogen (secondary N) is 2. The highest BCUT2D eigenvalue weighted by Crippen LogP contribution is 2.40. The Labute approximate surface area is 181 Å². The van der Waals surface area contributed by atoms with E-state index >= 15 is 0 Å². The summed E-state index contributed by atoms with van der Waals surface area (Å²) in [7, 11) is 5.47. The van der Waals surface area contributed by atoms with Crippen molar-refractivity contribution in [2.75, 3.05) is 24.9 Å². The molecule has 6 nitrogen and oxygen atoms in total. The highest BCUT2D eigenvalue weighted by atomic mass is 16.5. The van der Waals surface area contributed by atoms with Gasteiger partial charge in [-0.2, -0.15) is 0 Å². The number of aromatic nitrogens is 2. The summed E-state index contributed by atoms with van der Waals surface area (Å²) in [6.07, 6.45) is 4.94. The van der Waals surface area contributed by atoms with Crippen LogP contribution < -0.4 is 20.1 Å². The highest BCUT2D eigenvalue weighted by molar-refractivity contribution is 5.87. The van der Waals surface area contributed by atoms with Gasteiger partial charge in [0, 0.05) is 60.1 Å². The molecule has 1 aliphatic heterocycles. The molecule has 2 N–H and O–H groups in total. The zero-order valence-electron chi connectivity index (χ0n) is 18.0. The van der Waals surface area contributed by atoms with Gasteiger partial charge in [-0.25, -0.2) is 4.98 Å². The zero-order valence-corrected chi connectivity index (χ0v) is 18.0. The van der Waals surface area contributed by atoms with Crippen LogP contribution in [-0.4, -0.2) is 23.8 Å². The Morgan fingerprint density at radius 2 is 1.84 bits per heavy atom. The van der Waals surface area contributed by atoms with Gasteiger partial charge in [0.1, 0.15) is 17.3 Å². The second kappa shape index (κ2) is 7.87. The third-order valence-corrected chi connectivity index (χ3v) is 6.02. The van der Waals surface area contributed by atoms with Crippen LogP contribution in [0.1, 0.15) is 22.7 Å². The van der Waals surface area contributed by atoms with Crippen molar-refractivity contribution >= 4 is 22.4 Å². The van der Waals surface area contributed by atoms with Crippen molar-refractivity contribution in [1.29, 1.82) is 0 Å². The van der Waals surface area contributed by atoms with Gasteiger partial charge in [0.05, 0.1) is 20.3 Å². The van der Waals surface area contributed by atoms with Gasteiger partial charge in [-0.15, -0.1) is 0 Å². The lowest BCUT2D eigenvalue weighted by molar-refractivity contribution is 0.414. The van der Waals surface area contributed by atoms with Crippen LogP contribution in [-0.2, 0) is 20.0 Å². The summed E-state index contributed by atoms with van der Waals surface area (Å²) in [5.41, 5.74) is 6.00. The first kappa shape index (κ1) is 19.3. The first-order chi connectivity index (χ1) is 15.2. The molecule has 0 saturated heterocycles. The predicted molar refractivity (Wildman–Crippen MR) is 124 cm³/mol. The number of pyridine rings is 1. The summed E-state index contributed by atoms with van der Waals surface area (Å²) in [6, 6.07) is 16.6. The van der Waals surface area contributed by atoms with E-state index in [1.54, 1.807) is 14.2 Å². The first-order valence-corrected chi connectivity index (χ1v) is 10.4. The van der Waals surface area contributed by atoms with Crippen molar-refractivity contribution in [3.63, 3.8) is 0 Å². The summed E-state index contributed by atoms with van der Waals surface area (Å²) >= 11 is 0. The number of rotatable bonds is 6. The standard InChI is InChI=1S/C25H26N4O2/c1-29-15-21(19-12-18(31-3)8-9-24(19)29)23-13-20-22(10-11-26-25(20)28-23)27-14-16-4-6-17(30-2)7-5-16/h4-12,15,23H,13-14H2,1-3H3,(H2,26,27,28). The molecule has 158 valence electrons. The molecule has 2 aromatic carbocycles. The lowest BCUT2D eigenvalue weighted by Crippen LogP contribution is -2.05. The summed E-state index contributed by atoms with van der Waals surface area (Å²) in [5, 5.41) is 8.42. The summed E-state index contributed by atoms with van der Waals surface area (Å²) in [6.45, 7) is 0.747. The second-order valence-corrected chi connectivity index (χ2v) is 7.87. The van der Waals surface area contributed by atoms with Crippen LogP contribution in [0.5, 0.6) is 11.5 Å². The fourth-order valence-electron chi connectivity index (χ4n) is 4.34. The molecule has 0 bridgehead atoms. The molecule has 0 radical (unpaired) electrons. The lowest BCUT2D eigenvalue weighted by Gasteiger charge is -2.11. The molecule has 1 atom stereocenters. The maximum Gasteiger partial charge on any atom is 0.131 e. The Morgan fingerprint density at radius 3 is 2.61 bits per heavy atom. The number of ether oxygens (including phenoxy) is 2. The summed E-state index contributed by atoms with van der Waals surface area (Å²) < 4.78 is 12.9. The van der Waals surface area contributed by atoms with Crippen LogP contribution in [0.2, 0.25) is 0 Å². The van der Waals surface area contributed by atoms with Crippen LogP contribution in [0.4, 0.5) is 11.5 Å². The predicted octanol–water partition coefficient (Wildman–Crippen LogP) is 4.91. The number of nitrogens with zero attached hydrogens (tertiary/aromatic N) is 2. The Balaban J connectivity index is 1.39. The Kier molecular flexibility index (Phi) is 4.90. The third-order valence-electron chi connectivity index (χ3n) is 6.02. The molecule has 0 amide bonds. The molecule has 4 aromatic rings. The number of benzene rings is 2. The van der Waals surface area contributed by atoms with Gasteiger partial charge in [-0.05, 0) is 42.0 Å². The van der Waals surface area contributed by atoms with Crippen LogP contribution in [0, 0.1) is 0 Å². The van der Waals surface area contributed by atoms with Gasteiger partial charge in [-0.3, -0.25) is 0 Å².